The van der Waals surface area contributed by atoms with Crippen LogP contribution in [0.15, 0.2) is 47.1 Å². The van der Waals surface area contributed by atoms with Gasteiger partial charge >= 0.3 is 0 Å². The number of aliphatic hydroxyl groups is 1. The highest BCUT2D eigenvalue weighted by molar-refractivity contribution is 7.18. The maximum Gasteiger partial charge on any atom is 0.132 e. The van der Waals surface area contributed by atoms with E-state index in [9.17, 15) is 5.11 Å². The molecule has 2 heterocycles. The monoisotopic (exact) mass is 344 g/mol. The molecule has 0 radical (unpaired) electrons. The van der Waals surface area contributed by atoms with Crippen molar-refractivity contribution < 1.29 is 9.52 Å². The van der Waals surface area contributed by atoms with Gasteiger partial charge in [-0.3, -0.25) is 0 Å². The average Bonchev–Trinajstić information content (AvgIpc) is 3.23. The summed E-state index contributed by atoms with van der Waals surface area (Å²) in [6.07, 6.45) is 1.63. The van der Waals surface area contributed by atoms with E-state index in [4.69, 9.17) is 9.40 Å². The highest BCUT2D eigenvalue weighted by Crippen LogP contribution is 2.29. The lowest BCUT2D eigenvalue weighted by molar-refractivity contribution is 0.126. The number of hydrogen-bond acceptors (Lipinski definition) is 5. The highest BCUT2D eigenvalue weighted by Gasteiger charge is 2.22. The second-order valence-electron chi connectivity index (χ2n) is 6.43. The number of aliphatic hydroxyl groups excluding tert-OH is 1. The smallest absolute Gasteiger partial charge is 0.132 e. The Hall–Kier alpha value is -1.69. The first-order valence-corrected chi connectivity index (χ1v) is 9.19. The Bertz CT molecular complexity index is 736. The van der Waals surface area contributed by atoms with E-state index in [0.717, 1.165) is 10.5 Å². The summed E-state index contributed by atoms with van der Waals surface area (Å²) in [5.74, 6) is 0.932. The summed E-state index contributed by atoms with van der Waals surface area (Å²) < 4.78 is 6.49. The van der Waals surface area contributed by atoms with Gasteiger partial charge in [-0.05, 0) is 44.5 Å². The fourth-order valence-electron chi connectivity index (χ4n) is 2.89. The van der Waals surface area contributed by atoms with E-state index in [-0.39, 0.29) is 12.1 Å². The van der Waals surface area contributed by atoms with Crippen molar-refractivity contribution in [3.8, 4) is 0 Å². The molecule has 0 fully saturated rings. The van der Waals surface area contributed by atoms with Gasteiger partial charge in [0.05, 0.1) is 21.5 Å². The molecule has 2 aromatic heterocycles. The summed E-state index contributed by atoms with van der Waals surface area (Å²) in [5, 5.41) is 14.9. The van der Waals surface area contributed by atoms with Crippen LogP contribution in [0.5, 0.6) is 0 Å². The van der Waals surface area contributed by atoms with E-state index in [1.807, 2.05) is 12.1 Å². The minimum atomic E-state index is -0.576. The Morgan fingerprint density at radius 2 is 1.96 bits per heavy atom. The topological polar surface area (TPSA) is 58.3 Å². The fourth-order valence-corrected chi connectivity index (χ4v) is 4.02. The summed E-state index contributed by atoms with van der Waals surface area (Å²) in [6.45, 7) is 6.46. The van der Waals surface area contributed by atoms with Gasteiger partial charge in [0.1, 0.15) is 11.9 Å². The van der Waals surface area contributed by atoms with Crippen LogP contribution < -0.4 is 5.32 Å². The molecule has 4 nitrogen and oxygen atoms in total. The van der Waals surface area contributed by atoms with Crippen molar-refractivity contribution >= 4 is 21.6 Å². The number of hydrogen-bond donors (Lipinski definition) is 2. The first-order valence-electron chi connectivity index (χ1n) is 8.37. The molecule has 128 valence electrons. The Balaban J connectivity index is 1.59. The quantitative estimate of drug-likeness (QED) is 0.663. The third-order valence-electron chi connectivity index (χ3n) is 4.45. The van der Waals surface area contributed by atoms with Crippen LogP contribution in [0.25, 0.3) is 10.2 Å². The molecule has 4 unspecified atom stereocenters. The summed E-state index contributed by atoms with van der Waals surface area (Å²) in [4.78, 5) is 4.76. The van der Waals surface area contributed by atoms with Gasteiger partial charge in [0.15, 0.2) is 0 Å². The number of fused-ring (bicyclic) bond motifs is 1. The lowest BCUT2D eigenvalue weighted by Crippen LogP contribution is -2.38. The number of benzene rings is 1. The lowest BCUT2D eigenvalue weighted by Gasteiger charge is -2.25. The predicted octanol–water partition coefficient (Wildman–Crippen LogP) is 4.48. The molecule has 0 aliphatic rings. The molecule has 4 atom stereocenters. The number of nitrogens with one attached hydrogen (secondary N) is 1. The zero-order chi connectivity index (χ0) is 17.1. The van der Waals surface area contributed by atoms with E-state index in [2.05, 4.69) is 44.3 Å². The first kappa shape index (κ1) is 17.1. The van der Waals surface area contributed by atoms with Crippen molar-refractivity contribution in [1.29, 1.82) is 0 Å². The molecule has 2 N–H and O–H groups in total. The van der Waals surface area contributed by atoms with E-state index in [1.165, 1.54) is 4.70 Å². The van der Waals surface area contributed by atoms with E-state index >= 15 is 0 Å². The van der Waals surface area contributed by atoms with Crippen LogP contribution in [0.4, 0.5) is 0 Å². The number of aromatic nitrogens is 1. The Morgan fingerprint density at radius 3 is 2.67 bits per heavy atom. The second kappa shape index (κ2) is 7.47. The number of rotatable bonds is 7. The minimum Gasteiger partial charge on any atom is -0.467 e. The van der Waals surface area contributed by atoms with Crippen molar-refractivity contribution in [2.75, 3.05) is 0 Å². The van der Waals surface area contributed by atoms with Gasteiger partial charge in [-0.25, -0.2) is 4.98 Å². The molecule has 24 heavy (non-hydrogen) atoms. The van der Waals surface area contributed by atoms with Gasteiger partial charge < -0.3 is 14.8 Å². The molecule has 0 saturated carbocycles. The third-order valence-corrected chi connectivity index (χ3v) is 5.68. The van der Waals surface area contributed by atoms with Crippen molar-refractivity contribution in [3.63, 3.8) is 0 Å². The number of furan rings is 1. The molecule has 0 amide bonds. The van der Waals surface area contributed by atoms with Crippen LogP contribution in [-0.4, -0.2) is 22.2 Å². The zero-order valence-electron chi connectivity index (χ0n) is 14.3. The maximum absolute atomic E-state index is 10.2. The van der Waals surface area contributed by atoms with Gasteiger partial charge in [-0.15, -0.1) is 11.3 Å². The summed E-state index contributed by atoms with van der Waals surface area (Å²) in [6, 6.07) is 12.3. The third kappa shape index (κ3) is 3.86. The molecule has 0 aliphatic carbocycles. The maximum atomic E-state index is 10.2. The van der Waals surface area contributed by atoms with E-state index in [1.54, 1.807) is 23.7 Å². The summed E-state index contributed by atoms with van der Waals surface area (Å²) in [5.41, 5.74) is 1.07. The van der Waals surface area contributed by atoms with Crippen LogP contribution in [0.1, 0.15) is 50.0 Å². The first-order chi connectivity index (χ1) is 11.5. The molecule has 3 rings (SSSR count). The Kier molecular flexibility index (Phi) is 5.33. The standard InChI is InChI=1S/C19H24N2O2S/c1-12(11-16(22)17-8-6-10-23-17)20-14(3)13(2)19-21-15-7-4-5-9-18(15)24-19/h4-10,12-14,16,20,22H,11H2,1-3H3. The van der Waals surface area contributed by atoms with Gasteiger partial charge in [0, 0.05) is 18.0 Å². The van der Waals surface area contributed by atoms with Gasteiger partial charge in [0.25, 0.3) is 0 Å². The Labute approximate surface area is 146 Å². The molecule has 0 spiro atoms. The van der Waals surface area contributed by atoms with E-state index < -0.39 is 6.10 Å². The molecular formula is C19H24N2O2S. The van der Waals surface area contributed by atoms with Crippen molar-refractivity contribution in [1.82, 2.24) is 10.3 Å². The minimum absolute atomic E-state index is 0.178. The SMILES string of the molecule is CC(CC(O)c1ccco1)NC(C)C(C)c1nc2ccccc2s1. The molecule has 0 bridgehead atoms. The molecular weight excluding hydrogens is 320 g/mol. The molecule has 1 aromatic carbocycles. The van der Waals surface area contributed by atoms with Crippen LogP contribution in [0.2, 0.25) is 0 Å². The second-order valence-corrected chi connectivity index (χ2v) is 7.49. The fraction of sp³-hybridized carbons (Fsp3) is 0.421. The number of nitrogens with zero attached hydrogens (tertiary/aromatic N) is 1. The van der Waals surface area contributed by atoms with Crippen LogP contribution in [-0.2, 0) is 0 Å². The molecule has 0 aliphatic heterocycles. The zero-order valence-corrected chi connectivity index (χ0v) is 15.1. The van der Waals surface area contributed by atoms with Gasteiger partial charge in [0.2, 0.25) is 0 Å². The molecule has 5 heteroatoms. The van der Waals surface area contributed by atoms with E-state index in [0.29, 0.717) is 18.1 Å². The average molecular weight is 344 g/mol. The van der Waals surface area contributed by atoms with Crippen molar-refractivity contribution in [2.24, 2.45) is 0 Å². The summed E-state index contributed by atoms with van der Waals surface area (Å²) in [7, 11) is 0. The van der Waals surface area contributed by atoms with Crippen LogP contribution in [0.3, 0.4) is 0 Å². The van der Waals surface area contributed by atoms with Crippen molar-refractivity contribution in [2.45, 2.75) is 51.3 Å². The predicted molar refractivity (Wildman–Crippen MR) is 98.4 cm³/mol. The summed E-state index contributed by atoms with van der Waals surface area (Å²) >= 11 is 1.76. The lowest BCUT2D eigenvalue weighted by atomic mass is 10.0. The Morgan fingerprint density at radius 1 is 1.17 bits per heavy atom. The number of thiazole rings is 1. The highest BCUT2D eigenvalue weighted by atomic mass is 32.1. The molecule has 3 aromatic rings. The number of para-hydroxylation sites is 1. The van der Waals surface area contributed by atoms with Gasteiger partial charge in [-0.2, -0.15) is 0 Å². The van der Waals surface area contributed by atoms with Crippen molar-refractivity contribution in [3.05, 3.63) is 53.4 Å². The van der Waals surface area contributed by atoms with Crippen LogP contribution in [0, 0.1) is 0 Å². The van der Waals surface area contributed by atoms with Gasteiger partial charge in [-0.1, -0.05) is 19.1 Å². The largest absolute Gasteiger partial charge is 0.467 e. The molecule has 0 saturated heterocycles. The van der Waals surface area contributed by atoms with Crippen LogP contribution >= 0.6 is 11.3 Å². The normalized spacial score (nSPS) is 16.8.